The van der Waals surface area contributed by atoms with Crippen LogP contribution in [0.5, 0.6) is 0 Å². The van der Waals surface area contributed by atoms with Crippen molar-refractivity contribution in [2.45, 2.75) is 25.9 Å². The fourth-order valence-corrected chi connectivity index (χ4v) is 2.82. The van der Waals surface area contributed by atoms with Gasteiger partial charge in [-0.1, -0.05) is 12.1 Å². The second-order valence-electron chi connectivity index (χ2n) is 6.07. The Kier molecular flexibility index (Phi) is 6.69. The van der Waals surface area contributed by atoms with Crippen molar-refractivity contribution in [1.82, 2.24) is 5.32 Å². The third kappa shape index (κ3) is 5.16. The summed E-state index contributed by atoms with van der Waals surface area (Å²) in [6, 6.07) is 6.45. The zero-order valence-electron chi connectivity index (χ0n) is 15.0. The molecule has 0 aliphatic carbocycles. The Labute approximate surface area is 155 Å². The number of benzene rings is 1. The number of nitrogens with one attached hydrogen (secondary N) is 1. The summed E-state index contributed by atoms with van der Waals surface area (Å²) in [7, 11) is 1.12. The van der Waals surface area contributed by atoms with Crippen molar-refractivity contribution in [3.8, 4) is 0 Å². The molecule has 0 spiro atoms. The maximum absolute atomic E-state index is 12.2. The van der Waals surface area contributed by atoms with Crippen molar-refractivity contribution in [1.29, 1.82) is 0 Å². The Morgan fingerprint density at radius 2 is 1.89 bits per heavy atom. The van der Waals surface area contributed by atoms with Gasteiger partial charge in [0.05, 0.1) is 18.0 Å². The van der Waals surface area contributed by atoms with E-state index in [1.807, 2.05) is 10.2 Å². The van der Waals surface area contributed by atoms with E-state index in [2.05, 4.69) is 4.74 Å². The van der Waals surface area contributed by atoms with E-state index in [1.165, 1.54) is 13.0 Å². The highest BCUT2D eigenvalue weighted by molar-refractivity contribution is 5.95. The van der Waals surface area contributed by atoms with Gasteiger partial charge in [-0.25, -0.2) is 4.79 Å². The van der Waals surface area contributed by atoms with E-state index in [0.29, 0.717) is 31.6 Å². The fourth-order valence-electron chi connectivity index (χ4n) is 2.82. The van der Waals surface area contributed by atoms with Crippen LogP contribution >= 0.6 is 0 Å². The number of carbonyl (C=O) groups is 3. The van der Waals surface area contributed by atoms with Gasteiger partial charge in [0.25, 0.3) is 11.6 Å². The number of amides is 2. The van der Waals surface area contributed by atoms with Crippen LogP contribution in [-0.4, -0.2) is 49.2 Å². The zero-order chi connectivity index (χ0) is 20.0. The lowest BCUT2D eigenvalue weighted by Crippen LogP contribution is -2.42. The summed E-state index contributed by atoms with van der Waals surface area (Å²) in [5, 5.41) is 13.1. The number of hydrogen-bond acceptors (Lipinski definition) is 8. The molecular formula is C17H21N3O7. The van der Waals surface area contributed by atoms with Crippen molar-refractivity contribution in [3.05, 3.63) is 34.4 Å². The SMILES string of the molecule is COC(=O)NC(=O)[C@@H](C)OC(=O)C1CCN(c2ccccc2[N+](=O)[O-])CC1. The van der Waals surface area contributed by atoms with Gasteiger partial charge in [-0.2, -0.15) is 0 Å². The van der Waals surface area contributed by atoms with Gasteiger partial charge >= 0.3 is 12.1 Å². The molecule has 1 heterocycles. The van der Waals surface area contributed by atoms with Gasteiger partial charge in [0.2, 0.25) is 0 Å². The average molecular weight is 379 g/mol. The number of carbonyl (C=O) groups excluding carboxylic acids is 3. The molecule has 1 aliphatic rings. The predicted octanol–water partition coefficient (Wildman–Crippen LogP) is 1.63. The first-order valence-electron chi connectivity index (χ1n) is 8.41. The summed E-state index contributed by atoms with van der Waals surface area (Å²) in [4.78, 5) is 47.5. The Bertz CT molecular complexity index is 729. The van der Waals surface area contributed by atoms with Crippen molar-refractivity contribution < 1.29 is 28.8 Å². The third-order valence-corrected chi connectivity index (χ3v) is 4.32. The molecule has 10 heteroatoms. The van der Waals surface area contributed by atoms with E-state index >= 15 is 0 Å². The van der Waals surface area contributed by atoms with Crippen molar-refractivity contribution in [2.24, 2.45) is 5.92 Å². The highest BCUT2D eigenvalue weighted by atomic mass is 16.6. The molecule has 1 N–H and O–H groups in total. The van der Waals surface area contributed by atoms with Crippen LogP contribution in [0, 0.1) is 16.0 Å². The van der Waals surface area contributed by atoms with Crippen LogP contribution in [0.2, 0.25) is 0 Å². The highest BCUT2D eigenvalue weighted by Crippen LogP contribution is 2.31. The largest absolute Gasteiger partial charge is 0.453 e. The summed E-state index contributed by atoms with van der Waals surface area (Å²) < 4.78 is 9.42. The molecule has 10 nitrogen and oxygen atoms in total. The van der Waals surface area contributed by atoms with Crippen molar-refractivity contribution in [3.63, 3.8) is 0 Å². The Balaban J connectivity index is 1.90. The van der Waals surface area contributed by atoms with E-state index in [0.717, 1.165) is 7.11 Å². The number of rotatable bonds is 5. The van der Waals surface area contributed by atoms with E-state index in [4.69, 9.17) is 4.74 Å². The second-order valence-corrected chi connectivity index (χ2v) is 6.07. The van der Waals surface area contributed by atoms with E-state index in [-0.39, 0.29) is 5.69 Å². The minimum Gasteiger partial charge on any atom is -0.453 e. The lowest BCUT2D eigenvalue weighted by atomic mass is 9.96. The molecule has 0 unspecified atom stereocenters. The van der Waals surface area contributed by atoms with E-state index in [1.54, 1.807) is 18.2 Å². The maximum Gasteiger partial charge on any atom is 0.413 e. The molecule has 0 bridgehead atoms. The first-order chi connectivity index (χ1) is 12.8. The van der Waals surface area contributed by atoms with Crippen LogP contribution in [0.3, 0.4) is 0 Å². The number of alkyl carbamates (subject to hydrolysis) is 1. The number of piperidine rings is 1. The van der Waals surface area contributed by atoms with Gasteiger partial charge in [-0.05, 0) is 25.8 Å². The number of imide groups is 1. The molecule has 1 aromatic rings. The van der Waals surface area contributed by atoms with E-state index < -0.39 is 34.9 Å². The lowest BCUT2D eigenvalue weighted by molar-refractivity contribution is -0.384. The molecule has 27 heavy (non-hydrogen) atoms. The Morgan fingerprint density at radius 3 is 2.48 bits per heavy atom. The minimum atomic E-state index is -1.13. The van der Waals surface area contributed by atoms with Gasteiger partial charge in [0.1, 0.15) is 5.69 Å². The zero-order valence-corrected chi connectivity index (χ0v) is 15.0. The average Bonchev–Trinajstić information content (AvgIpc) is 2.67. The molecule has 2 amide bonds. The monoisotopic (exact) mass is 379 g/mol. The number of para-hydroxylation sites is 2. The number of hydrogen-bond donors (Lipinski definition) is 1. The summed E-state index contributed by atoms with van der Waals surface area (Å²) in [5.41, 5.74) is 0.534. The molecule has 0 saturated carbocycles. The predicted molar refractivity (Wildman–Crippen MR) is 94.1 cm³/mol. The number of nitro groups is 1. The number of esters is 1. The van der Waals surface area contributed by atoms with Gasteiger partial charge < -0.3 is 14.4 Å². The standard InChI is InChI=1S/C17H21N3O7/c1-11(15(21)18-17(23)26-2)27-16(22)12-7-9-19(10-8-12)13-5-3-4-6-14(13)20(24)25/h3-6,11-12H,7-10H2,1-2H3,(H,18,21,23)/t11-/m1/s1. The molecular weight excluding hydrogens is 358 g/mol. The second kappa shape index (κ2) is 8.97. The molecule has 2 rings (SSSR count). The first kappa shape index (κ1) is 20.1. The topological polar surface area (TPSA) is 128 Å². The van der Waals surface area contributed by atoms with Crippen LogP contribution in [0.1, 0.15) is 19.8 Å². The molecule has 1 atom stereocenters. The molecule has 146 valence electrons. The number of methoxy groups -OCH3 is 1. The Morgan fingerprint density at radius 1 is 1.26 bits per heavy atom. The first-order valence-corrected chi connectivity index (χ1v) is 8.41. The van der Waals surface area contributed by atoms with Gasteiger partial charge in [-0.15, -0.1) is 0 Å². The molecule has 0 aromatic heterocycles. The molecule has 0 radical (unpaired) electrons. The van der Waals surface area contributed by atoms with Crippen LogP contribution in [0.15, 0.2) is 24.3 Å². The quantitative estimate of drug-likeness (QED) is 0.464. The van der Waals surface area contributed by atoms with E-state index in [9.17, 15) is 24.5 Å². The summed E-state index contributed by atoms with van der Waals surface area (Å²) in [5.74, 6) is -1.73. The van der Waals surface area contributed by atoms with Crippen LogP contribution in [-0.2, 0) is 19.1 Å². The summed E-state index contributed by atoms with van der Waals surface area (Å²) >= 11 is 0. The summed E-state index contributed by atoms with van der Waals surface area (Å²) in [6.07, 6.45) is -1.18. The van der Waals surface area contributed by atoms with Gasteiger partial charge in [-0.3, -0.25) is 25.0 Å². The van der Waals surface area contributed by atoms with Crippen molar-refractivity contribution in [2.75, 3.05) is 25.1 Å². The maximum atomic E-state index is 12.2. The van der Waals surface area contributed by atoms with Crippen LogP contribution in [0.25, 0.3) is 0 Å². The van der Waals surface area contributed by atoms with Crippen LogP contribution in [0.4, 0.5) is 16.2 Å². The third-order valence-electron chi connectivity index (χ3n) is 4.32. The number of nitrogens with zero attached hydrogens (tertiary/aromatic N) is 2. The normalized spacial score (nSPS) is 15.6. The molecule has 1 fully saturated rings. The lowest BCUT2D eigenvalue weighted by Gasteiger charge is -2.32. The van der Waals surface area contributed by atoms with Crippen LogP contribution < -0.4 is 10.2 Å². The fraction of sp³-hybridized carbons (Fsp3) is 0.471. The summed E-state index contributed by atoms with van der Waals surface area (Å²) in [6.45, 7) is 2.26. The smallest absolute Gasteiger partial charge is 0.413 e. The number of ether oxygens (including phenoxy) is 2. The number of nitro benzene ring substituents is 1. The van der Waals surface area contributed by atoms with Gasteiger partial charge in [0.15, 0.2) is 6.10 Å². The minimum absolute atomic E-state index is 0.0200. The number of anilines is 1. The Hall–Kier alpha value is -3.17. The molecule has 1 aromatic carbocycles. The molecule has 1 aliphatic heterocycles. The highest BCUT2D eigenvalue weighted by Gasteiger charge is 2.31. The molecule has 1 saturated heterocycles. The van der Waals surface area contributed by atoms with Gasteiger partial charge in [0, 0.05) is 19.2 Å². The van der Waals surface area contributed by atoms with Crippen molar-refractivity contribution >= 4 is 29.3 Å².